The lowest BCUT2D eigenvalue weighted by Gasteiger charge is -2.38. The maximum atomic E-state index is 13.0. The van der Waals surface area contributed by atoms with Crippen LogP contribution in [0.25, 0.3) is 11.3 Å². The highest BCUT2D eigenvalue weighted by Gasteiger charge is 2.51. The molecule has 0 spiro atoms. The van der Waals surface area contributed by atoms with Gasteiger partial charge >= 0.3 is 6.18 Å². The van der Waals surface area contributed by atoms with Crippen LogP contribution < -0.4 is 4.74 Å². The van der Waals surface area contributed by atoms with Crippen molar-refractivity contribution >= 4 is 0 Å². The third-order valence-corrected chi connectivity index (χ3v) is 6.66. The van der Waals surface area contributed by atoms with Crippen LogP contribution in [0.4, 0.5) is 13.2 Å². The Balaban J connectivity index is 1.68. The lowest BCUT2D eigenvalue weighted by atomic mass is 9.78. The molecule has 0 bridgehead atoms. The van der Waals surface area contributed by atoms with Crippen molar-refractivity contribution in [2.24, 2.45) is 11.8 Å². The third-order valence-electron chi connectivity index (χ3n) is 6.66. The molecule has 1 aliphatic carbocycles. The lowest BCUT2D eigenvalue weighted by Crippen LogP contribution is -2.43. The van der Waals surface area contributed by atoms with Crippen LogP contribution in [0.3, 0.4) is 0 Å². The highest BCUT2D eigenvalue weighted by atomic mass is 19.4. The van der Waals surface area contributed by atoms with Gasteiger partial charge in [-0.05, 0) is 81.4 Å². The van der Waals surface area contributed by atoms with Crippen LogP contribution in [0, 0.1) is 18.8 Å². The number of ether oxygens (including phenoxy) is 1. The molecule has 1 aromatic carbocycles. The summed E-state index contributed by atoms with van der Waals surface area (Å²) < 4.78 is 44.3. The SMILES string of the molecule is COc1cc(C(F)(F)F)ccc1-c1nnc(C2(O)CCC3CN(C)CCC32)cc1C. The predicted molar refractivity (Wildman–Crippen MR) is 106 cm³/mol. The molecule has 0 amide bonds. The second kappa shape index (κ2) is 7.50. The number of alkyl halides is 3. The first-order valence-electron chi connectivity index (χ1n) is 10.1. The minimum atomic E-state index is -4.45. The van der Waals surface area contributed by atoms with Crippen LogP contribution >= 0.6 is 0 Å². The van der Waals surface area contributed by atoms with Crippen molar-refractivity contribution in [2.45, 2.75) is 38.0 Å². The summed E-state index contributed by atoms with van der Waals surface area (Å²) in [6.07, 6.45) is -1.95. The van der Waals surface area contributed by atoms with Gasteiger partial charge in [-0.3, -0.25) is 0 Å². The molecular weight excluding hydrogens is 395 g/mol. The number of halogens is 3. The highest BCUT2D eigenvalue weighted by molar-refractivity contribution is 5.70. The second-order valence-corrected chi connectivity index (χ2v) is 8.55. The van der Waals surface area contributed by atoms with Crippen LogP contribution in [0.15, 0.2) is 24.3 Å². The number of methoxy groups -OCH3 is 1. The Morgan fingerprint density at radius 3 is 2.63 bits per heavy atom. The Kier molecular flexibility index (Phi) is 5.26. The molecule has 4 rings (SSSR count). The molecule has 1 aliphatic heterocycles. The normalized spacial score (nSPS) is 27.2. The second-order valence-electron chi connectivity index (χ2n) is 8.55. The Bertz CT molecular complexity index is 950. The first-order valence-corrected chi connectivity index (χ1v) is 10.1. The maximum Gasteiger partial charge on any atom is 0.416 e. The Morgan fingerprint density at radius 1 is 1.20 bits per heavy atom. The summed E-state index contributed by atoms with van der Waals surface area (Å²) in [6.45, 7) is 3.74. The molecule has 2 aromatic rings. The van der Waals surface area contributed by atoms with E-state index in [1.165, 1.54) is 13.2 Å². The summed E-state index contributed by atoms with van der Waals surface area (Å²) in [7, 11) is 3.43. The van der Waals surface area contributed by atoms with Gasteiger partial charge in [0.05, 0.1) is 24.1 Å². The summed E-state index contributed by atoms with van der Waals surface area (Å²) >= 11 is 0. The lowest BCUT2D eigenvalue weighted by molar-refractivity contribution is -0.137. The van der Waals surface area contributed by atoms with E-state index in [2.05, 4.69) is 22.1 Å². The Morgan fingerprint density at radius 2 is 1.97 bits per heavy atom. The van der Waals surface area contributed by atoms with Gasteiger partial charge in [0.15, 0.2) is 0 Å². The van der Waals surface area contributed by atoms with Crippen molar-refractivity contribution in [1.82, 2.24) is 15.1 Å². The molecule has 1 aromatic heterocycles. The van der Waals surface area contributed by atoms with E-state index in [1.54, 1.807) is 0 Å². The minimum absolute atomic E-state index is 0.0879. The summed E-state index contributed by atoms with van der Waals surface area (Å²) in [5.74, 6) is 0.671. The van der Waals surface area contributed by atoms with Crippen molar-refractivity contribution in [3.8, 4) is 17.0 Å². The summed E-state index contributed by atoms with van der Waals surface area (Å²) in [4.78, 5) is 2.30. The van der Waals surface area contributed by atoms with E-state index in [4.69, 9.17) is 4.74 Å². The zero-order valence-electron chi connectivity index (χ0n) is 17.3. The predicted octanol–water partition coefficient (Wildman–Crippen LogP) is 4.03. The molecule has 30 heavy (non-hydrogen) atoms. The van der Waals surface area contributed by atoms with Gasteiger partial charge in [-0.15, -0.1) is 5.10 Å². The topological polar surface area (TPSA) is 58.5 Å². The Hall–Kier alpha value is -2.19. The molecule has 3 unspecified atom stereocenters. The van der Waals surface area contributed by atoms with E-state index in [9.17, 15) is 18.3 Å². The fourth-order valence-electron chi connectivity index (χ4n) is 5.07. The number of aryl methyl sites for hydroxylation is 1. The smallest absolute Gasteiger partial charge is 0.416 e. The zero-order valence-corrected chi connectivity index (χ0v) is 17.3. The number of hydrogen-bond donors (Lipinski definition) is 1. The highest BCUT2D eigenvalue weighted by Crippen LogP contribution is 2.50. The molecule has 3 atom stereocenters. The van der Waals surface area contributed by atoms with Gasteiger partial charge in [0, 0.05) is 12.1 Å². The van der Waals surface area contributed by atoms with Crippen molar-refractivity contribution < 1.29 is 23.0 Å². The molecule has 2 heterocycles. The van der Waals surface area contributed by atoms with E-state index in [1.807, 2.05) is 13.0 Å². The van der Waals surface area contributed by atoms with Crippen LogP contribution in [0.5, 0.6) is 5.75 Å². The van der Waals surface area contributed by atoms with E-state index >= 15 is 0 Å². The number of aromatic nitrogens is 2. The van der Waals surface area contributed by atoms with Gasteiger partial charge in [-0.2, -0.15) is 18.3 Å². The van der Waals surface area contributed by atoms with E-state index < -0.39 is 17.3 Å². The largest absolute Gasteiger partial charge is 0.496 e. The van der Waals surface area contributed by atoms with E-state index in [0.717, 1.165) is 43.6 Å². The summed E-state index contributed by atoms with van der Waals surface area (Å²) in [5.41, 5.74) is 0.392. The number of nitrogens with zero attached hydrogens (tertiary/aromatic N) is 3. The monoisotopic (exact) mass is 421 g/mol. The van der Waals surface area contributed by atoms with Crippen LogP contribution in [0.1, 0.15) is 36.1 Å². The van der Waals surface area contributed by atoms with Crippen molar-refractivity contribution in [1.29, 1.82) is 0 Å². The molecule has 1 saturated heterocycles. The quantitative estimate of drug-likeness (QED) is 0.811. The number of piperidine rings is 1. The van der Waals surface area contributed by atoms with Gasteiger partial charge < -0.3 is 14.7 Å². The van der Waals surface area contributed by atoms with Crippen molar-refractivity contribution in [3.63, 3.8) is 0 Å². The molecule has 2 aliphatic rings. The fraction of sp³-hybridized carbons (Fsp3) is 0.545. The number of benzene rings is 1. The third kappa shape index (κ3) is 3.56. The molecule has 1 saturated carbocycles. The van der Waals surface area contributed by atoms with Crippen molar-refractivity contribution in [2.75, 3.05) is 27.2 Å². The number of rotatable bonds is 3. The van der Waals surface area contributed by atoms with Gasteiger partial charge in [0.25, 0.3) is 0 Å². The van der Waals surface area contributed by atoms with Crippen molar-refractivity contribution in [3.05, 3.63) is 41.1 Å². The Labute approximate surface area is 173 Å². The first-order chi connectivity index (χ1) is 14.1. The molecule has 8 heteroatoms. The van der Waals surface area contributed by atoms with Gasteiger partial charge in [-0.1, -0.05) is 0 Å². The van der Waals surface area contributed by atoms with Gasteiger partial charge in [0.2, 0.25) is 0 Å². The first kappa shape index (κ1) is 21.1. The minimum Gasteiger partial charge on any atom is -0.496 e. The number of likely N-dealkylation sites (tertiary alicyclic amines) is 1. The zero-order chi connectivity index (χ0) is 21.7. The van der Waals surface area contributed by atoms with Crippen LogP contribution in [-0.2, 0) is 11.8 Å². The summed E-state index contributed by atoms with van der Waals surface area (Å²) in [6, 6.07) is 5.16. The van der Waals surface area contributed by atoms with E-state index in [0.29, 0.717) is 29.3 Å². The molecule has 0 radical (unpaired) electrons. The molecule has 2 fully saturated rings. The molecular formula is C22H26F3N3O2. The van der Waals surface area contributed by atoms with E-state index in [-0.39, 0.29) is 11.7 Å². The van der Waals surface area contributed by atoms with Crippen LogP contribution in [0.2, 0.25) is 0 Å². The maximum absolute atomic E-state index is 13.0. The average Bonchev–Trinajstić information content (AvgIpc) is 3.04. The molecule has 5 nitrogen and oxygen atoms in total. The standard InChI is InChI=1S/C22H26F3N3O2/c1-13-10-19(21(29)8-6-14-12-28(2)9-7-17(14)21)26-27-20(13)16-5-4-15(22(23,24)25)11-18(16)30-3/h4-5,10-11,14,17,29H,6-9,12H2,1-3H3. The van der Waals surface area contributed by atoms with Gasteiger partial charge in [-0.25, -0.2) is 0 Å². The van der Waals surface area contributed by atoms with Gasteiger partial charge in [0.1, 0.15) is 11.4 Å². The molecule has 162 valence electrons. The average molecular weight is 421 g/mol. The van der Waals surface area contributed by atoms with Crippen LogP contribution in [-0.4, -0.2) is 47.5 Å². The fourth-order valence-corrected chi connectivity index (χ4v) is 5.07. The number of aliphatic hydroxyl groups is 1. The molecule has 1 N–H and O–H groups in total. The summed E-state index contributed by atoms with van der Waals surface area (Å²) in [5, 5.41) is 20.1. The number of fused-ring (bicyclic) bond motifs is 1. The number of hydrogen-bond acceptors (Lipinski definition) is 5.